The molecule has 0 radical (unpaired) electrons. The van der Waals surface area contributed by atoms with Gasteiger partial charge in [0.25, 0.3) is 0 Å². The van der Waals surface area contributed by atoms with Gasteiger partial charge in [-0.1, -0.05) is 24.3 Å². The summed E-state index contributed by atoms with van der Waals surface area (Å²) in [6.45, 7) is 0. The molecule has 4 rings (SSSR count). The molecule has 0 bridgehead atoms. The van der Waals surface area contributed by atoms with Crippen LogP contribution in [0.2, 0.25) is 0 Å². The zero-order valence-electron chi connectivity index (χ0n) is 20.3. The third-order valence-corrected chi connectivity index (χ3v) is 6.66. The first kappa shape index (κ1) is 27.2. The smallest absolute Gasteiger partial charge is 0.420 e. The third kappa shape index (κ3) is 6.17. The predicted octanol–water partition coefficient (Wildman–Crippen LogP) is 5.34. The predicted molar refractivity (Wildman–Crippen MR) is 141 cm³/mol. The average Bonchev–Trinajstić information content (AvgIpc) is 2.81. The van der Waals surface area contributed by atoms with E-state index in [1.54, 1.807) is 12.1 Å². The van der Waals surface area contributed by atoms with Crippen molar-refractivity contribution in [3.63, 3.8) is 0 Å². The molecule has 2 N–H and O–H groups in total. The summed E-state index contributed by atoms with van der Waals surface area (Å²) in [4.78, 5) is 4.46. The molecule has 0 aliphatic rings. The van der Waals surface area contributed by atoms with Gasteiger partial charge in [0.05, 0.1) is 30.7 Å². The van der Waals surface area contributed by atoms with Crippen molar-refractivity contribution in [3.05, 3.63) is 72.4 Å². The zero-order chi connectivity index (χ0) is 27.9. The van der Waals surface area contributed by atoms with Gasteiger partial charge in [0.15, 0.2) is 0 Å². The number of rotatable bonds is 7. The van der Waals surface area contributed by atoms with Gasteiger partial charge < -0.3 is 4.74 Å². The Morgan fingerprint density at radius 1 is 0.763 bits per heavy atom. The highest BCUT2D eigenvalue weighted by Gasteiger charge is 2.36. The molecule has 3 aromatic carbocycles. The molecule has 0 aliphatic carbocycles. The van der Waals surface area contributed by atoms with Crippen molar-refractivity contribution in [2.45, 2.75) is 6.18 Å². The van der Waals surface area contributed by atoms with E-state index >= 15 is 0 Å². The Balaban J connectivity index is 1.88. The first-order valence-corrected chi connectivity index (χ1v) is 14.7. The summed E-state index contributed by atoms with van der Waals surface area (Å²) < 4.78 is 98.0. The van der Waals surface area contributed by atoms with E-state index in [2.05, 4.69) is 14.4 Å². The van der Waals surface area contributed by atoms with Crippen molar-refractivity contribution in [2.75, 3.05) is 29.1 Å². The molecule has 1 aromatic heterocycles. The van der Waals surface area contributed by atoms with Crippen LogP contribution in [0.5, 0.6) is 5.75 Å². The van der Waals surface area contributed by atoms with Gasteiger partial charge in [0.1, 0.15) is 5.75 Å². The number of anilines is 2. The molecule has 0 saturated heterocycles. The number of pyridine rings is 1. The summed E-state index contributed by atoms with van der Waals surface area (Å²) >= 11 is 0. The minimum atomic E-state index is -4.74. The maximum absolute atomic E-state index is 14.1. The molecule has 0 amide bonds. The highest BCUT2D eigenvalue weighted by atomic mass is 32.2. The fourth-order valence-electron chi connectivity index (χ4n) is 3.96. The van der Waals surface area contributed by atoms with Crippen molar-refractivity contribution < 1.29 is 34.7 Å². The van der Waals surface area contributed by atoms with Crippen LogP contribution in [0.25, 0.3) is 33.2 Å². The van der Waals surface area contributed by atoms with E-state index in [0.29, 0.717) is 22.4 Å². The second-order valence-corrected chi connectivity index (χ2v) is 12.0. The molecule has 4 aromatic rings. The molecular formula is C25H22F3N3O5S2. The number of hydrogen-bond acceptors (Lipinski definition) is 6. The second-order valence-electron chi connectivity index (χ2n) is 8.53. The topological polar surface area (TPSA) is 114 Å². The third-order valence-electron chi connectivity index (χ3n) is 5.45. The zero-order valence-corrected chi connectivity index (χ0v) is 21.9. The molecule has 0 atom stereocenters. The Morgan fingerprint density at radius 3 is 1.71 bits per heavy atom. The van der Waals surface area contributed by atoms with Crippen molar-refractivity contribution in [1.29, 1.82) is 0 Å². The first-order chi connectivity index (χ1) is 17.6. The molecule has 0 saturated carbocycles. The highest BCUT2D eigenvalue weighted by molar-refractivity contribution is 7.92. The Hall–Kier alpha value is -3.84. The van der Waals surface area contributed by atoms with Gasteiger partial charge in [-0.15, -0.1) is 0 Å². The van der Waals surface area contributed by atoms with Gasteiger partial charge in [-0.2, -0.15) is 13.2 Å². The number of benzene rings is 3. The van der Waals surface area contributed by atoms with Crippen LogP contribution in [-0.4, -0.2) is 41.4 Å². The van der Waals surface area contributed by atoms with E-state index in [1.165, 1.54) is 48.7 Å². The molecule has 1 heterocycles. The summed E-state index contributed by atoms with van der Waals surface area (Å²) in [7, 11) is -5.86. The molecule has 0 spiro atoms. The minimum absolute atomic E-state index is 0.117. The Kier molecular flexibility index (Phi) is 7.01. The summed E-state index contributed by atoms with van der Waals surface area (Å²) in [5.41, 5.74) is 1.49. The van der Waals surface area contributed by atoms with E-state index in [-0.39, 0.29) is 22.2 Å². The first-order valence-electron chi connectivity index (χ1n) is 10.9. The lowest BCUT2D eigenvalue weighted by Crippen LogP contribution is -2.09. The van der Waals surface area contributed by atoms with E-state index < -0.39 is 37.5 Å². The van der Waals surface area contributed by atoms with Crippen LogP contribution in [0.3, 0.4) is 0 Å². The van der Waals surface area contributed by atoms with Gasteiger partial charge in [0.2, 0.25) is 20.0 Å². The van der Waals surface area contributed by atoms with Gasteiger partial charge in [-0.25, -0.2) is 16.8 Å². The van der Waals surface area contributed by atoms with Crippen LogP contribution in [-0.2, 0) is 26.2 Å². The van der Waals surface area contributed by atoms with Crippen LogP contribution in [0.15, 0.2) is 66.9 Å². The molecule has 38 heavy (non-hydrogen) atoms. The van der Waals surface area contributed by atoms with E-state index in [9.17, 15) is 30.0 Å². The van der Waals surface area contributed by atoms with Gasteiger partial charge in [-0.05, 0) is 47.5 Å². The van der Waals surface area contributed by atoms with Crippen molar-refractivity contribution in [1.82, 2.24) is 4.98 Å². The van der Waals surface area contributed by atoms with E-state index in [0.717, 1.165) is 25.7 Å². The van der Waals surface area contributed by atoms with Gasteiger partial charge in [0, 0.05) is 34.1 Å². The molecular weight excluding hydrogens is 543 g/mol. The van der Waals surface area contributed by atoms with Crippen LogP contribution in [0.1, 0.15) is 5.56 Å². The van der Waals surface area contributed by atoms with E-state index in [4.69, 9.17) is 4.74 Å². The molecule has 8 nitrogen and oxygen atoms in total. The van der Waals surface area contributed by atoms with E-state index in [1.807, 2.05) is 0 Å². The van der Waals surface area contributed by atoms with Crippen LogP contribution in [0, 0.1) is 0 Å². The number of sulfonamides is 2. The molecule has 13 heteroatoms. The van der Waals surface area contributed by atoms with Crippen molar-refractivity contribution in [2.24, 2.45) is 0 Å². The highest BCUT2D eigenvalue weighted by Crippen LogP contribution is 2.45. The van der Waals surface area contributed by atoms with Crippen LogP contribution < -0.4 is 14.2 Å². The molecule has 0 fully saturated rings. The Morgan fingerprint density at radius 2 is 1.26 bits per heavy atom. The Labute approximate surface area is 217 Å². The largest absolute Gasteiger partial charge is 0.495 e. The van der Waals surface area contributed by atoms with Crippen molar-refractivity contribution >= 4 is 42.3 Å². The quantitative estimate of drug-likeness (QED) is 0.313. The number of halogens is 3. The lowest BCUT2D eigenvalue weighted by molar-refractivity contribution is -0.138. The summed E-state index contributed by atoms with van der Waals surface area (Å²) in [5.74, 6) is -0.392. The molecule has 0 unspecified atom stereocenters. The normalized spacial score (nSPS) is 12.4. The SMILES string of the molecule is COc1c(C(F)(F)F)cc(-c2ccc(NS(C)(=O)=O)cc2)c2ncc(-c3ccc(NS(C)(=O)=O)cc3)cc12. The van der Waals surface area contributed by atoms with Crippen LogP contribution >= 0.6 is 0 Å². The monoisotopic (exact) mass is 565 g/mol. The van der Waals surface area contributed by atoms with Crippen molar-refractivity contribution in [3.8, 4) is 28.0 Å². The number of nitrogens with zero attached hydrogens (tertiary/aromatic N) is 1. The number of alkyl halides is 3. The standard InChI is InChI=1S/C25H22F3N3O5S2/c1-36-24-21-12-17(15-4-8-18(9-5-15)30-37(2,32)33)14-29-23(21)20(13-22(24)25(26,27)28)16-6-10-19(11-7-16)31-38(3,34)35/h4-14,30-31H,1-3H3. The van der Waals surface area contributed by atoms with Crippen LogP contribution in [0.4, 0.5) is 24.5 Å². The number of methoxy groups -OCH3 is 1. The fraction of sp³-hybridized carbons (Fsp3) is 0.160. The Bertz CT molecular complexity index is 1720. The number of nitrogens with one attached hydrogen (secondary N) is 2. The average molecular weight is 566 g/mol. The summed E-state index contributed by atoms with van der Waals surface area (Å²) in [5, 5.41) is 0.117. The minimum Gasteiger partial charge on any atom is -0.495 e. The molecule has 0 aliphatic heterocycles. The lowest BCUT2D eigenvalue weighted by Gasteiger charge is -2.18. The summed E-state index contributed by atoms with van der Waals surface area (Å²) in [6.07, 6.45) is -1.23. The van der Waals surface area contributed by atoms with Gasteiger partial charge >= 0.3 is 6.18 Å². The van der Waals surface area contributed by atoms with Gasteiger partial charge in [-0.3, -0.25) is 14.4 Å². The number of ether oxygens (including phenoxy) is 1. The maximum atomic E-state index is 14.1. The molecule has 200 valence electrons. The summed E-state index contributed by atoms with van der Waals surface area (Å²) in [6, 6.07) is 14.7. The number of aromatic nitrogens is 1. The fourth-order valence-corrected chi connectivity index (χ4v) is 5.09. The lowest BCUT2D eigenvalue weighted by atomic mass is 9.95. The number of hydrogen-bond donors (Lipinski definition) is 2. The maximum Gasteiger partial charge on any atom is 0.420 e. The number of fused-ring (bicyclic) bond motifs is 1. The second kappa shape index (κ2) is 9.80.